The van der Waals surface area contributed by atoms with Gasteiger partial charge < -0.3 is 14.8 Å². The highest BCUT2D eigenvalue weighted by atomic mass is 16.5. The number of amides is 1. The average Bonchev–Trinajstić information content (AvgIpc) is 2.60. The highest BCUT2D eigenvalue weighted by Crippen LogP contribution is 2.31. The van der Waals surface area contributed by atoms with Gasteiger partial charge in [-0.15, -0.1) is 0 Å². The fourth-order valence-corrected chi connectivity index (χ4v) is 2.73. The molecule has 0 radical (unpaired) electrons. The molecule has 0 aliphatic carbocycles. The SMILES string of the molecule is COc1cccc(CN(C)CC(=O)NCc2ccccc2C)c1OC. The molecular weight excluding hydrogens is 316 g/mol. The Kier molecular flexibility index (Phi) is 6.83. The van der Waals surface area contributed by atoms with Crippen molar-refractivity contribution < 1.29 is 14.3 Å². The third-order valence-electron chi connectivity index (χ3n) is 4.08. The van der Waals surface area contributed by atoms with Gasteiger partial charge in [0, 0.05) is 18.7 Å². The fourth-order valence-electron chi connectivity index (χ4n) is 2.73. The van der Waals surface area contributed by atoms with Crippen LogP contribution in [0.25, 0.3) is 0 Å². The Morgan fingerprint density at radius 3 is 2.44 bits per heavy atom. The summed E-state index contributed by atoms with van der Waals surface area (Å²) in [5.41, 5.74) is 3.29. The number of rotatable bonds is 8. The Balaban J connectivity index is 1.91. The van der Waals surface area contributed by atoms with E-state index in [0.717, 1.165) is 11.1 Å². The van der Waals surface area contributed by atoms with E-state index in [1.165, 1.54) is 5.56 Å². The van der Waals surface area contributed by atoms with E-state index in [9.17, 15) is 4.79 Å². The Bertz CT molecular complexity index is 716. The van der Waals surface area contributed by atoms with Gasteiger partial charge in [-0.2, -0.15) is 0 Å². The van der Waals surface area contributed by atoms with Gasteiger partial charge in [-0.1, -0.05) is 36.4 Å². The normalized spacial score (nSPS) is 10.6. The summed E-state index contributed by atoms with van der Waals surface area (Å²) in [4.78, 5) is 14.1. The minimum atomic E-state index is -0.00684. The lowest BCUT2D eigenvalue weighted by atomic mass is 10.1. The maximum atomic E-state index is 12.2. The summed E-state index contributed by atoms with van der Waals surface area (Å²) in [6, 6.07) is 13.8. The first-order chi connectivity index (χ1) is 12.0. The van der Waals surface area contributed by atoms with Gasteiger partial charge in [-0.3, -0.25) is 9.69 Å². The first kappa shape index (κ1) is 18.8. The second-order valence-electron chi connectivity index (χ2n) is 6.03. The second-order valence-corrected chi connectivity index (χ2v) is 6.03. The van der Waals surface area contributed by atoms with Crippen molar-refractivity contribution in [1.82, 2.24) is 10.2 Å². The van der Waals surface area contributed by atoms with Gasteiger partial charge in [0.05, 0.1) is 20.8 Å². The Hall–Kier alpha value is -2.53. The van der Waals surface area contributed by atoms with Gasteiger partial charge in [0.15, 0.2) is 11.5 Å². The number of carbonyl (C=O) groups excluding carboxylic acids is 1. The van der Waals surface area contributed by atoms with Crippen molar-refractivity contribution in [3.05, 3.63) is 59.2 Å². The molecule has 0 spiro atoms. The van der Waals surface area contributed by atoms with Gasteiger partial charge in [0.25, 0.3) is 0 Å². The Morgan fingerprint density at radius 2 is 1.76 bits per heavy atom. The molecule has 25 heavy (non-hydrogen) atoms. The number of aryl methyl sites for hydroxylation is 1. The van der Waals surface area contributed by atoms with Crippen molar-refractivity contribution in [1.29, 1.82) is 0 Å². The van der Waals surface area contributed by atoms with E-state index < -0.39 is 0 Å². The largest absolute Gasteiger partial charge is 0.493 e. The molecule has 0 heterocycles. The molecule has 2 aromatic rings. The molecule has 1 N–H and O–H groups in total. The van der Waals surface area contributed by atoms with E-state index in [2.05, 4.69) is 5.32 Å². The van der Waals surface area contributed by atoms with E-state index in [0.29, 0.717) is 31.1 Å². The first-order valence-corrected chi connectivity index (χ1v) is 8.24. The summed E-state index contributed by atoms with van der Waals surface area (Å²) in [5.74, 6) is 1.39. The van der Waals surface area contributed by atoms with Crippen LogP contribution in [0.1, 0.15) is 16.7 Å². The maximum absolute atomic E-state index is 12.2. The van der Waals surface area contributed by atoms with Gasteiger partial charge in [0.2, 0.25) is 5.91 Å². The molecule has 0 atom stereocenters. The summed E-state index contributed by atoms with van der Waals surface area (Å²) in [6.45, 7) is 3.49. The second kappa shape index (κ2) is 9.08. The smallest absolute Gasteiger partial charge is 0.234 e. The average molecular weight is 342 g/mol. The molecule has 5 nitrogen and oxygen atoms in total. The molecule has 2 aromatic carbocycles. The number of carbonyl (C=O) groups is 1. The number of ether oxygens (including phenoxy) is 2. The number of para-hydroxylation sites is 1. The minimum Gasteiger partial charge on any atom is -0.493 e. The lowest BCUT2D eigenvalue weighted by Crippen LogP contribution is -2.34. The first-order valence-electron chi connectivity index (χ1n) is 8.24. The summed E-state index contributed by atoms with van der Waals surface area (Å²) in [5, 5.41) is 2.97. The summed E-state index contributed by atoms with van der Waals surface area (Å²) >= 11 is 0. The van der Waals surface area contributed by atoms with E-state index in [-0.39, 0.29) is 5.91 Å². The number of benzene rings is 2. The van der Waals surface area contributed by atoms with Crippen molar-refractivity contribution in [2.45, 2.75) is 20.0 Å². The molecule has 2 rings (SSSR count). The maximum Gasteiger partial charge on any atom is 0.234 e. The summed E-state index contributed by atoms with van der Waals surface area (Å²) in [6.07, 6.45) is 0. The fraction of sp³-hybridized carbons (Fsp3) is 0.350. The number of hydrogen-bond acceptors (Lipinski definition) is 4. The molecule has 0 aliphatic rings. The van der Waals surface area contributed by atoms with Crippen LogP contribution in [0.2, 0.25) is 0 Å². The van der Waals surface area contributed by atoms with Crippen LogP contribution >= 0.6 is 0 Å². The zero-order valence-electron chi connectivity index (χ0n) is 15.3. The van der Waals surface area contributed by atoms with Crippen LogP contribution in [0, 0.1) is 6.92 Å². The molecule has 0 saturated heterocycles. The van der Waals surface area contributed by atoms with Crippen molar-refractivity contribution in [2.24, 2.45) is 0 Å². The van der Waals surface area contributed by atoms with Crippen LogP contribution in [-0.4, -0.2) is 38.6 Å². The van der Waals surface area contributed by atoms with E-state index in [1.54, 1.807) is 14.2 Å². The van der Waals surface area contributed by atoms with Crippen LogP contribution in [-0.2, 0) is 17.9 Å². The van der Waals surface area contributed by atoms with Gasteiger partial charge in [0.1, 0.15) is 0 Å². The number of likely N-dealkylation sites (N-methyl/N-ethyl adjacent to an activating group) is 1. The van der Waals surface area contributed by atoms with Crippen molar-refractivity contribution in [3.8, 4) is 11.5 Å². The molecule has 1 amide bonds. The van der Waals surface area contributed by atoms with Crippen LogP contribution in [0.15, 0.2) is 42.5 Å². The van der Waals surface area contributed by atoms with Crippen LogP contribution in [0.5, 0.6) is 11.5 Å². The topological polar surface area (TPSA) is 50.8 Å². The van der Waals surface area contributed by atoms with E-state index in [1.807, 2.05) is 61.3 Å². The molecule has 0 aliphatic heterocycles. The molecule has 0 saturated carbocycles. The lowest BCUT2D eigenvalue weighted by Gasteiger charge is -2.19. The van der Waals surface area contributed by atoms with Crippen molar-refractivity contribution in [3.63, 3.8) is 0 Å². The van der Waals surface area contributed by atoms with Crippen molar-refractivity contribution in [2.75, 3.05) is 27.8 Å². The third-order valence-corrected chi connectivity index (χ3v) is 4.08. The highest BCUT2D eigenvalue weighted by molar-refractivity contribution is 5.78. The molecule has 0 aromatic heterocycles. The highest BCUT2D eigenvalue weighted by Gasteiger charge is 2.13. The van der Waals surface area contributed by atoms with Gasteiger partial charge in [-0.05, 0) is 31.2 Å². The molecule has 0 bridgehead atoms. The zero-order valence-corrected chi connectivity index (χ0v) is 15.3. The molecule has 134 valence electrons. The zero-order chi connectivity index (χ0) is 18.2. The summed E-state index contributed by atoms with van der Waals surface area (Å²) < 4.78 is 10.8. The molecule has 0 fully saturated rings. The van der Waals surface area contributed by atoms with E-state index in [4.69, 9.17) is 9.47 Å². The number of nitrogens with zero attached hydrogens (tertiary/aromatic N) is 1. The monoisotopic (exact) mass is 342 g/mol. The number of hydrogen-bond donors (Lipinski definition) is 1. The quantitative estimate of drug-likeness (QED) is 0.801. The van der Waals surface area contributed by atoms with Gasteiger partial charge >= 0.3 is 0 Å². The lowest BCUT2D eigenvalue weighted by molar-refractivity contribution is -0.122. The number of nitrogens with one attached hydrogen (secondary N) is 1. The Labute approximate surface area is 149 Å². The molecular formula is C20H26N2O3. The predicted molar refractivity (Wildman–Crippen MR) is 98.9 cm³/mol. The minimum absolute atomic E-state index is 0.00684. The standard InChI is InChI=1S/C20H26N2O3/c1-15-8-5-6-9-16(15)12-21-19(23)14-22(2)13-17-10-7-11-18(24-3)20(17)25-4/h5-11H,12-14H2,1-4H3,(H,21,23). The van der Waals surface area contributed by atoms with Crippen LogP contribution < -0.4 is 14.8 Å². The van der Waals surface area contributed by atoms with Crippen LogP contribution in [0.4, 0.5) is 0 Å². The van der Waals surface area contributed by atoms with E-state index >= 15 is 0 Å². The molecule has 5 heteroatoms. The summed E-state index contributed by atoms with van der Waals surface area (Å²) in [7, 11) is 5.15. The van der Waals surface area contributed by atoms with Crippen LogP contribution in [0.3, 0.4) is 0 Å². The Morgan fingerprint density at radius 1 is 1.04 bits per heavy atom. The molecule has 0 unspecified atom stereocenters. The predicted octanol–water partition coefficient (Wildman–Crippen LogP) is 2.76. The van der Waals surface area contributed by atoms with Gasteiger partial charge in [-0.25, -0.2) is 0 Å². The third kappa shape index (κ3) is 5.22. The number of methoxy groups -OCH3 is 2. The van der Waals surface area contributed by atoms with Crippen molar-refractivity contribution >= 4 is 5.91 Å².